The molecule has 0 saturated carbocycles. The van der Waals surface area contributed by atoms with E-state index in [1.54, 1.807) is 14.2 Å². The number of hydrogen-bond donors (Lipinski definition) is 2. The number of benzene rings is 2. The van der Waals surface area contributed by atoms with Crippen molar-refractivity contribution in [3.05, 3.63) is 58.6 Å². The minimum atomic E-state index is -0.162. The van der Waals surface area contributed by atoms with Gasteiger partial charge < -0.3 is 29.6 Å². The number of hydrogen-bond acceptors (Lipinski definition) is 6. The number of morpholine rings is 2. The summed E-state index contributed by atoms with van der Waals surface area (Å²) >= 11 is 5.98. The van der Waals surface area contributed by atoms with Crippen molar-refractivity contribution in [3.8, 4) is 11.5 Å². The second kappa shape index (κ2) is 8.26. The van der Waals surface area contributed by atoms with Crippen LogP contribution in [0.25, 0.3) is 0 Å². The van der Waals surface area contributed by atoms with E-state index in [0.717, 1.165) is 55.7 Å². The molecule has 2 aromatic rings. The lowest BCUT2D eigenvalue weighted by Crippen LogP contribution is -2.37. The van der Waals surface area contributed by atoms with E-state index in [1.807, 2.05) is 30.3 Å². The van der Waals surface area contributed by atoms with Gasteiger partial charge in [0.15, 0.2) is 11.5 Å². The van der Waals surface area contributed by atoms with Crippen molar-refractivity contribution >= 4 is 11.6 Å². The average Bonchev–Trinajstić information content (AvgIpc) is 3.61. The molecule has 0 spiro atoms. The smallest absolute Gasteiger partial charge is 0.161 e. The fourth-order valence-corrected chi connectivity index (χ4v) is 5.37. The number of fused-ring (bicyclic) bond motifs is 4. The van der Waals surface area contributed by atoms with E-state index in [1.165, 1.54) is 11.1 Å². The first-order valence-corrected chi connectivity index (χ1v) is 11.2. The minimum absolute atomic E-state index is 0.102. The molecule has 0 aromatic heterocycles. The number of rotatable bonds is 4. The van der Waals surface area contributed by atoms with Crippen LogP contribution in [-0.2, 0) is 20.7 Å². The highest BCUT2D eigenvalue weighted by molar-refractivity contribution is 6.30. The Bertz CT molecular complexity index is 937. The van der Waals surface area contributed by atoms with Crippen molar-refractivity contribution in [3.63, 3.8) is 0 Å². The fraction of sp³-hybridized carbons (Fsp3) is 0.500. The van der Waals surface area contributed by atoms with Crippen LogP contribution in [0.2, 0.25) is 5.02 Å². The molecule has 6 nitrogen and oxygen atoms in total. The molecule has 31 heavy (non-hydrogen) atoms. The lowest BCUT2D eigenvalue weighted by atomic mass is 9.92. The quantitative estimate of drug-likeness (QED) is 0.755. The van der Waals surface area contributed by atoms with Crippen LogP contribution in [0.15, 0.2) is 42.5 Å². The third-order valence-corrected chi connectivity index (χ3v) is 7.12. The highest BCUT2D eigenvalue weighted by atomic mass is 35.5. The summed E-state index contributed by atoms with van der Waals surface area (Å²) in [7, 11) is 3.31. The Labute approximate surface area is 188 Å². The molecule has 4 aliphatic heterocycles. The molecule has 2 N–H and O–H groups in total. The Balaban J connectivity index is 0.000000134. The summed E-state index contributed by atoms with van der Waals surface area (Å²) < 4.78 is 22.4. The van der Waals surface area contributed by atoms with E-state index < -0.39 is 0 Å². The Hall–Kier alpha value is -1.83. The van der Waals surface area contributed by atoms with Gasteiger partial charge in [-0.15, -0.1) is 0 Å². The SMILES string of the molecule is COc1ccc(C23CNC(CO2)C3)cc1OC.Clc1cccc(C23CNC(CO2)C3)c1. The number of halogens is 1. The average molecular weight is 445 g/mol. The number of nitrogens with one attached hydrogen (secondary N) is 2. The summed E-state index contributed by atoms with van der Waals surface area (Å²) in [5.74, 6) is 1.52. The molecule has 4 aliphatic rings. The highest BCUT2D eigenvalue weighted by Crippen LogP contribution is 2.43. The largest absolute Gasteiger partial charge is 0.493 e. The molecule has 4 atom stereocenters. The molecule has 7 heteroatoms. The number of methoxy groups -OCH3 is 2. The summed E-state index contributed by atoms with van der Waals surface area (Å²) in [6, 6.07) is 15.1. The molecule has 166 valence electrons. The van der Waals surface area contributed by atoms with Gasteiger partial charge in [-0.2, -0.15) is 0 Å². The van der Waals surface area contributed by atoms with Gasteiger partial charge in [-0.05, 0) is 48.2 Å². The topological polar surface area (TPSA) is 61.0 Å². The predicted molar refractivity (Wildman–Crippen MR) is 119 cm³/mol. The van der Waals surface area contributed by atoms with Crippen LogP contribution < -0.4 is 20.1 Å². The van der Waals surface area contributed by atoms with E-state index in [4.69, 9.17) is 30.5 Å². The summed E-state index contributed by atoms with van der Waals surface area (Å²) in [6.07, 6.45) is 2.12. The normalized spacial score (nSPS) is 32.6. The van der Waals surface area contributed by atoms with Crippen LogP contribution in [0, 0.1) is 0 Å². The molecular formula is C24H29ClN2O4. The molecule has 0 aliphatic carbocycles. The standard InChI is InChI=1S/C13H17NO3.C11H12ClNO/c1-15-11-4-3-9(5-12(11)16-2)13-6-10(7-17-13)14-8-13;12-9-3-1-2-8(4-9)11-5-10(6-14-11)13-7-11/h3-5,10,14H,6-8H2,1-2H3;1-4,10,13H,5-7H2. The summed E-state index contributed by atoms with van der Waals surface area (Å²) in [5, 5.41) is 7.70. The molecule has 4 fully saturated rings. The van der Waals surface area contributed by atoms with Crippen LogP contribution in [0.3, 0.4) is 0 Å². The van der Waals surface area contributed by atoms with Crippen molar-refractivity contribution in [1.82, 2.24) is 10.6 Å². The van der Waals surface area contributed by atoms with Gasteiger partial charge in [0, 0.05) is 30.2 Å². The maximum atomic E-state index is 5.98. The zero-order valence-corrected chi connectivity index (χ0v) is 18.7. The van der Waals surface area contributed by atoms with Gasteiger partial charge in [0.05, 0.1) is 27.4 Å². The van der Waals surface area contributed by atoms with Gasteiger partial charge in [0.1, 0.15) is 11.2 Å². The number of ether oxygens (including phenoxy) is 4. The maximum Gasteiger partial charge on any atom is 0.161 e. The van der Waals surface area contributed by atoms with E-state index in [2.05, 4.69) is 22.8 Å². The van der Waals surface area contributed by atoms with Crippen molar-refractivity contribution < 1.29 is 18.9 Å². The maximum absolute atomic E-state index is 5.98. The molecule has 0 radical (unpaired) electrons. The van der Waals surface area contributed by atoms with Crippen molar-refractivity contribution in [2.45, 2.75) is 36.1 Å². The van der Waals surface area contributed by atoms with Gasteiger partial charge >= 0.3 is 0 Å². The zero-order chi connectivity index (χ0) is 21.5. The first kappa shape index (κ1) is 21.0. The lowest BCUT2D eigenvalue weighted by molar-refractivity contribution is -0.00981. The van der Waals surface area contributed by atoms with Crippen molar-refractivity contribution in [2.75, 3.05) is 40.5 Å². The first-order chi connectivity index (χ1) is 15.1. The second-order valence-corrected chi connectivity index (χ2v) is 9.19. The third-order valence-electron chi connectivity index (χ3n) is 6.89. The third kappa shape index (κ3) is 3.81. The fourth-order valence-electron chi connectivity index (χ4n) is 5.18. The van der Waals surface area contributed by atoms with Gasteiger partial charge in [0.25, 0.3) is 0 Å². The summed E-state index contributed by atoms with van der Waals surface area (Å²) in [4.78, 5) is 0. The zero-order valence-electron chi connectivity index (χ0n) is 17.9. The summed E-state index contributed by atoms with van der Waals surface area (Å²) in [5.41, 5.74) is 2.11. The molecule has 4 saturated heterocycles. The van der Waals surface area contributed by atoms with Crippen LogP contribution in [0.5, 0.6) is 11.5 Å². The van der Waals surface area contributed by atoms with E-state index in [-0.39, 0.29) is 11.2 Å². The molecular weight excluding hydrogens is 416 g/mol. The van der Waals surface area contributed by atoms with Crippen LogP contribution in [0.4, 0.5) is 0 Å². The molecule has 6 rings (SSSR count). The van der Waals surface area contributed by atoms with E-state index in [9.17, 15) is 0 Å². The second-order valence-electron chi connectivity index (χ2n) is 8.75. The minimum Gasteiger partial charge on any atom is -0.493 e. The van der Waals surface area contributed by atoms with Crippen LogP contribution >= 0.6 is 11.6 Å². The molecule has 2 aromatic carbocycles. The predicted octanol–water partition coefficient (Wildman–Crippen LogP) is 3.22. The molecule has 0 amide bonds. The van der Waals surface area contributed by atoms with Gasteiger partial charge in [-0.1, -0.05) is 29.8 Å². The van der Waals surface area contributed by atoms with Gasteiger partial charge in [0.2, 0.25) is 0 Å². The van der Waals surface area contributed by atoms with Gasteiger partial charge in [-0.3, -0.25) is 0 Å². The summed E-state index contributed by atoms with van der Waals surface area (Å²) in [6.45, 7) is 3.42. The Kier molecular flexibility index (Phi) is 5.61. The Morgan fingerprint density at radius 2 is 1.45 bits per heavy atom. The van der Waals surface area contributed by atoms with Crippen LogP contribution in [-0.4, -0.2) is 52.6 Å². The van der Waals surface area contributed by atoms with Crippen LogP contribution in [0.1, 0.15) is 24.0 Å². The Morgan fingerprint density at radius 1 is 0.839 bits per heavy atom. The lowest BCUT2D eigenvalue weighted by Gasteiger charge is -2.27. The molecule has 4 bridgehead atoms. The highest BCUT2D eigenvalue weighted by Gasteiger charge is 2.48. The molecule has 4 heterocycles. The van der Waals surface area contributed by atoms with E-state index >= 15 is 0 Å². The Morgan fingerprint density at radius 3 is 1.90 bits per heavy atom. The van der Waals surface area contributed by atoms with Gasteiger partial charge in [-0.25, -0.2) is 0 Å². The monoisotopic (exact) mass is 444 g/mol. The van der Waals surface area contributed by atoms with Crippen molar-refractivity contribution in [1.29, 1.82) is 0 Å². The van der Waals surface area contributed by atoms with Crippen molar-refractivity contribution in [2.24, 2.45) is 0 Å². The first-order valence-electron chi connectivity index (χ1n) is 10.8. The van der Waals surface area contributed by atoms with E-state index in [0.29, 0.717) is 12.1 Å². The molecule has 4 unspecified atom stereocenters.